The van der Waals surface area contributed by atoms with Crippen LogP contribution in [0.15, 0.2) is 54.9 Å². The Balaban J connectivity index is 1.70. The number of fused-ring (bicyclic) bond motifs is 1. The smallest absolute Gasteiger partial charge is 0.274 e. The number of aromatic nitrogens is 4. The van der Waals surface area contributed by atoms with Gasteiger partial charge in [0.1, 0.15) is 5.69 Å². The van der Waals surface area contributed by atoms with Gasteiger partial charge in [0.15, 0.2) is 6.29 Å². The molecule has 0 bridgehead atoms. The van der Waals surface area contributed by atoms with Crippen molar-refractivity contribution in [2.24, 2.45) is 0 Å². The lowest BCUT2D eigenvalue weighted by molar-refractivity contribution is -0.385. The van der Waals surface area contributed by atoms with Gasteiger partial charge in [0.2, 0.25) is 0 Å². The highest BCUT2D eigenvalue weighted by Gasteiger charge is 2.16. The van der Waals surface area contributed by atoms with E-state index in [0.717, 1.165) is 17.2 Å². The Morgan fingerprint density at radius 2 is 1.96 bits per heavy atom. The van der Waals surface area contributed by atoms with Crippen LogP contribution in [0.3, 0.4) is 0 Å². The van der Waals surface area contributed by atoms with E-state index < -0.39 is 4.92 Å². The zero-order valence-corrected chi connectivity index (χ0v) is 14.4. The molecule has 0 amide bonds. The Morgan fingerprint density at radius 1 is 1.15 bits per heavy atom. The molecule has 0 N–H and O–H groups in total. The molecule has 0 aliphatic carbocycles. The number of hydrogen-bond acceptors (Lipinski definition) is 5. The summed E-state index contributed by atoms with van der Waals surface area (Å²) < 4.78 is 3.47. The van der Waals surface area contributed by atoms with E-state index in [0.29, 0.717) is 29.1 Å². The molecule has 2 heterocycles. The van der Waals surface area contributed by atoms with Gasteiger partial charge < -0.3 is 4.57 Å². The first-order chi connectivity index (χ1) is 13.1. The van der Waals surface area contributed by atoms with Crippen molar-refractivity contribution >= 4 is 22.9 Å². The first kappa shape index (κ1) is 16.6. The van der Waals surface area contributed by atoms with Crippen LogP contribution in [0.5, 0.6) is 0 Å². The number of benzene rings is 2. The Kier molecular flexibility index (Phi) is 4.00. The molecule has 8 heteroatoms. The average Bonchev–Trinajstić information content (AvgIpc) is 3.27. The van der Waals surface area contributed by atoms with Crippen LogP contribution in [0.25, 0.3) is 16.6 Å². The largest absolute Gasteiger partial charge is 0.341 e. The summed E-state index contributed by atoms with van der Waals surface area (Å²) in [6, 6.07) is 12.5. The van der Waals surface area contributed by atoms with Gasteiger partial charge in [0.25, 0.3) is 5.69 Å². The molecule has 8 nitrogen and oxygen atoms in total. The molecule has 27 heavy (non-hydrogen) atoms. The predicted octanol–water partition coefficient (Wildman–Crippen LogP) is 3.30. The van der Waals surface area contributed by atoms with Crippen molar-refractivity contribution < 1.29 is 9.72 Å². The molecule has 0 atom stereocenters. The van der Waals surface area contributed by atoms with Gasteiger partial charge in [-0.3, -0.25) is 14.9 Å². The maximum Gasteiger partial charge on any atom is 0.274 e. The fourth-order valence-corrected chi connectivity index (χ4v) is 3.22. The lowest BCUT2D eigenvalue weighted by Crippen LogP contribution is -2.01. The molecule has 0 unspecified atom stereocenters. The molecule has 2 aromatic heterocycles. The normalized spacial score (nSPS) is 11.0. The van der Waals surface area contributed by atoms with E-state index in [1.165, 1.54) is 10.7 Å². The molecule has 2 aromatic carbocycles. The molecule has 0 spiro atoms. The Hall–Kier alpha value is -3.81. The molecule has 0 radical (unpaired) electrons. The van der Waals surface area contributed by atoms with Crippen LogP contribution in [0, 0.1) is 17.0 Å². The maximum absolute atomic E-state index is 11.3. The molecule has 0 saturated carbocycles. The molecule has 0 aliphatic rings. The number of nitro benzene ring substituents is 1. The van der Waals surface area contributed by atoms with Crippen LogP contribution >= 0.6 is 0 Å². The topological polar surface area (TPSA) is 95.8 Å². The van der Waals surface area contributed by atoms with Gasteiger partial charge in [-0.2, -0.15) is 0 Å². The summed E-state index contributed by atoms with van der Waals surface area (Å²) in [5, 5.41) is 20.3. The van der Waals surface area contributed by atoms with Crippen molar-refractivity contribution in [1.29, 1.82) is 0 Å². The van der Waals surface area contributed by atoms with E-state index >= 15 is 0 Å². The average molecular weight is 361 g/mol. The van der Waals surface area contributed by atoms with Gasteiger partial charge in [0.05, 0.1) is 28.9 Å². The van der Waals surface area contributed by atoms with Crippen molar-refractivity contribution in [2.45, 2.75) is 13.5 Å². The van der Waals surface area contributed by atoms with Gasteiger partial charge in [-0.05, 0) is 19.1 Å². The maximum atomic E-state index is 11.3. The van der Waals surface area contributed by atoms with Crippen LogP contribution < -0.4 is 0 Å². The van der Waals surface area contributed by atoms with Crippen molar-refractivity contribution in [1.82, 2.24) is 19.6 Å². The quantitative estimate of drug-likeness (QED) is 0.309. The zero-order valence-electron chi connectivity index (χ0n) is 14.4. The third kappa shape index (κ3) is 2.86. The summed E-state index contributed by atoms with van der Waals surface area (Å²) in [7, 11) is 0. The fourth-order valence-electron chi connectivity index (χ4n) is 3.22. The second-order valence-corrected chi connectivity index (χ2v) is 6.18. The summed E-state index contributed by atoms with van der Waals surface area (Å²) in [4.78, 5) is 22.0. The Morgan fingerprint density at radius 3 is 2.74 bits per heavy atom. The highest BCUT2D eigenvalue weighted by atomic mass is 16.6. The molecule has 4 aromatic rings. The minimum Gasteiger partial charge on any atom is -0.341 e. The highest BCUT2D eigenvalue weighted by molar-refractivity contribution is 5.97. The number of aldehydes is 1. The molecular formula is C19H15N5O3. The Bertz CT molecular complexity index is 1180. The first-order valence-corrected chi connectivity index (χ1v) is 8.27. The van der Waals surface area contributed by atoms with Crippen molar-refractivity contribution in [3.05, 3.63) is 81.8 Å². The van der Waals surface area contributed by atoms with E-state index in [1.807, 2.05) is 28.8 Å². The van der Waals surface area contributed by atoms with E-state index in [1.54, 1.807) is 31.5 Å². The molecule has 0 saturated heterocycles. The minimum atomic E-state index is -0.413. The van der Waals surface area contributed by atoms with Crippen LogP contribution in [0.2, 0.25) is 0 Å². The predicted molar refractivity (Wildman–Crippen MR) is 99.2 cm³/mol. The number of para-hydroxylation sites is 1. The number of nitrogens with zero attached hydrogens (tertiary/aromatic N) is 5. The number of carbonyl (C=O) groups excluding carboxylic acids is 1. The van der Waals surface area contributed by atoms with E-state index in [4.69, 9.17) is 0 Å². The molecular weight excluding hydrogens is 346 g/mol. The standard InChI is InChI=1S/C19H15N5O3/c1-13-17(7-4-8-18(13)24(26)27)23-11-15(20-21-23)10-22-9-14(12-25)16-5-2-3-6-19(16)22/h2-9,11-12H,10H2,1H3. The van der Waals surface area contributed by atoms with E-state index in [-0.39, 0.29) is 5.69 Å². The molecule has 0 fully saturated rings. The van der Waals surface area contributed by atoms with Gasteiger partial charge in [-0.15, -0.1) is 5.10 Å². The molecule has 134 valence electrons. The SMILES string of the molecule is Cc1c(-n2cc(Cn3cc(C=O)c4ccccc43)nn2)cccc1[N+](=O)[O-]. The van der Waals surface area contributed by atoms with E-state index in [2.05, 4.69) is 10.3 Å². The van der Waals surface area contributed by atoms with Gasteiger partial charge in [-0.1, -0.05) is 29.5 Å². The van der Waals surface area contributed by atoms with E-state index in [9.17, 15) is 14.9 Å². The molecule has 0 aliphatic heterocycles. The van der Waals surface area contributed by atoms with Crippen LogP contribution in [0.4, 0.5) is 5.69 Å². The lowest BCUT2D eigenvalue weighted by atomic mass is 10.1. The summed E-state index contributed by atoms with van der Waals surface area (Å²) in [5.74, 6) is 0. The number of rotatable bonds is 5. The van der Waals surface area contributed by atoms with Gasteiger partial charge in [0, 0.05) is 28.7 Å². The monoisotopic (exact) mass is 361 g/mol. The molecule has 4 rings (SSSR count). The fraction of sp³-hybridized carbons (Fsp3) is 0.105. The van der Waals surface area contributed by atoms with Crippen molar-refractivity contribution in [2.75, 3.05) is 0 Å². The van der Waals surface area contributed by atoms with Crippen molar-refractivity contribution in [3.63, 3.8) is 0 Å². The lowest BCUT2D eigenvalue weighted by Gasteiger charge is -2.05. The Labute approximate surface area is 153 Å². The summed E-state index contributed by atoms with van der Waals surface area (Å²) in [6.07, 6.45) is 4.36. The second kappa shape index (κ2) is 6.49. The number of hydrogen-bond donors (Lipinski definition) is 0. The second-order valence-electron chi connectivity index (χ2n) is 6.18. The highest BCUT2D eigenvalue weighted by Crippen LogP contribution is 2.24. The third-order valence-electron chi connectivity index (χ3n) is 4.54. The van der Waals surface area contributed by atoms with Gasteiger partial charge >= 0.3 is 0 Å². The van der Waals surface area contributed by atoms with Crippen LogP contribution in [0.1, 0.15) is 21.6 Å². The van der Waals surface area contributed by atoms with Crippen LogP contribution in [-0.2, 0) is 6.54 Å². The van der Waals surface area contributed by atoms with Gasteiger partial charge in [-0.25, -0.2) is 4.68 Å². The number of carbonyl (C=O) groups is 1. The zero-order chi connectivity index (χ0) is 19.0. The summed E-state index contributed by atoms with van der Waals surface area (Å²) in [5.41, 5.74) is 3.39. The third-order valence-corrected chi connectivity index (χ3v) is 4.54. The summed E-state index contributed by atoms with van der Waals surface area (Å²) >= 11 is 0. The minimum absolute atomic E-state index is 0.0385. The van der Waals surface area contributed by atoms with Crippen molar-refractivity contribution in [3.8, 4) is 5.69 Å². The number of nitro groups is 1. The van der Waals surface area contributed by atoms with Crippen LogP contribution in [-0.4, -0.2) is 30.8 Å². The first-order valence-electron chi connectivity index (χ1n) is 8.27. The summed E-state index contributed by atoms with van der Waals surface area (Å²) in [6.45, 7) is 2.12.